The van der Waals surface area contributed by atoms with Crippen LogP contribution >= 0.6 is 11.9 Å². The van der Waals surface area contributed by atoms with Crippen molar-refractivity contribution in [3.05, 3.63) is 24.3 Å². The lowest BCUT2D eigenvalue weighted by Crippen LogP contribution is -2.33. The van der Waals surface area contributed by atoms with Crippen LogP contribution in [0, 0.1) is 0 Å². The quantitative estimate of drug-likeness (QED) is 0.245. The van der Waals surface area contributed by atoms with Crippen LogP contribution in [-0.4, -0.2) is 41.0 Å². The molecule has 0 fully saturated rings. The van der Waals surface area contributed by atoms with Crippen LogP contribution in [0.1, 0.15) is 53.4 Å². The molecule has 0 aromatic rings. The van der Waals surface area contributed by atoms with Gasteiger partial charge in [-0.25, -0.2) is 0 Å². The molecule has 0 saturated carbocycles. The average Bonchev–Trinajstić information content (AvgIpc) is 2.52. The molecule has 5 nitrogen and oxygen atoms in total. The maximum atomic E-state index is 12.0. The summed E-state index contributed by atoms with van der Waals surface area (Å²) in [7, 11) is 0. The van der Waals surface area contributed by atoms with Gasteiger partial charge in [0.2, 0.25) is 5.91 Å². The van der Waals surface area contributed by atoms with Crippen molar-refractivity contribution in [3.63, 3.8) is 0 Å². The first-order valence-electron chi connectivity index (χ1n) is 8.57. The third-order valence-electron chi connectivity index (χ3n) is 3.38. The van der Waals surface area contributed by atoms with E-state index in [1.165, 1.54) is 0 Å². The maximum absolute atomic E-state index is 12.0. The van der Waals surface area contributed by atoms with Gasteiger partial charge in [0.1, 0.15) is 0 Å². The van der Waals surface area contributed by atoms with Gasteiger partial charge in [-0.15, -0.1) is 6.58 Å². The van der Waals surface area contributed by atoms with E-state index in [1.807, 2.05) is 13.0 Å². The van der Waals surface area contributed by atoms with E-state index in [1.54, 1.807) is 18.0 Å². The van der Waals surface area contributed by atoms with Gasteiger partial charge < -0.3 is 16.2 Å². The number of nitrogens with two attached hydrogens (primary N) is 1. The fourth-order valence-corrected chi connectivity index (χ4v) is 2.56. The van der Waals surface area contributed by atoms with E-state index >= 15 is 0 Å². The SMILES string of the molecule is C=CC(C/C=C(\C)C(O)CN)NC(=O)CCCCNSC(C)(C)C. The zero-order chi connectivity index (χ0) is 18.6. The van der Waals surface area contributed by atoms with Crippen LogP contribution in [0.5, 0.6) is 0 Å². The van der Waals surface area contributed by atoms with E-state index in [-0.39, 0.29) is 23.2 Å². The molecule has 0 aromatic carbocycles. The van der Waals surface area contributed by atoms with Gasteiger partial charge in [-0.3, -0.25) is 9.52 Å². The van der Waals surface area contributed by atoms with E-state index in [0.29, 0.717) is 12.8 Å². The highest BCUT2D eigenvalue weighted by Crippen LogP contribution is 2.19. The summed E-state index contributed by atoms with van der Waals surface area (Å²) in [6.45, 7) is 13.2. The van der Waals surface area contributed by atoms with Crippen LogP contribution in [0.25, 0.3) is 0 Å². The Morgan fingerprint density at radius 1 is 1.38 bits per heavy atom. The first-order chi connectivity index (χ1) is 11.2. The summed E-state index contributed by atoms with van der Waals surface area (Å²) < 4.78 is 3.53. The van der Waals surface area contributed by atoms with Crippen LogP contribution in [0.15, 0.2) is 24.3 Å². The minimum atomic E-state index is -0.621. The Bertz CT molecular complexity index is 406. The topological polar surface area (TPSA) is 87.4 Å². The largest absolute Gasteiger partial charge is 0.387 e. The normalized spacial score (nSPS) is 15.0. The zero-order valence-corrected chi connectivity index (χ0v) is 16.4. The average molecular weight is 358 g/mol. The van der Waals surface area contributed by atoms with E-state index in [2.05, 4.69) is 37.4 Å². The second kappa shape index (κ2) is 12.5. The highest BCUT2D eigenvalue weighted by molar-refractivity contribution is 7.98. The Morgan fingerprint density at radius 2 is 2.04 bits per heavy atom. The maximum Gasteiger partial charge on any atom is 0.220 e. The van der Waals surface area contributed by atoms with E-state index in [9.17, 15) is 9.90 Å². The number of hydrogen-bond acceptors (Lipinski definition) is 5. The molecule has 0 aliphatic heterocycles. The Labute approximate surface area is 151 Å². The van der Waals surface area contributed by atoms with Crippen LogP contribution < -0.4 is 15.8 Å². The molecule has 0 spiro atoms. The Hall–Kier alpha value is -0.820. The van der Waals surface area contributed by atoms with Gasteiger partial charge in [0, 0.05) is 24.3 Å². The summed E-state index contributed by atoms with van der Waals surface area (Å²) >= 11 is 1.72. The summed E-state index contributed by atoms with van der Waals surface area (Å²) in [5.41, 5.74) is 6.24. The Balaban J connectivity index is 3.97. The summed E-state index contributed by atoms with van der Waals surface area (Å²) in [4.78, 5) is 12.0. The van der Waals surface area contributed by atoms with Crippen molar-refractivity contribution in [3.8, 4) is 0 Å². The molecular weight excluding hydrogens is 322 g/mol. The lowest BCUT2D eigenvalue weighted by molar-refractivity contribution is -0.121. The smallest absolute Gasteiger partial charge is 0.220 e. The fourth-order valence-electron chi connectivity index (χ4n) is 1.88. The molecule has 0 bridgehead atoms. The number of amides is 1. The number of carbonyl (C=O) groups excluding carboxylic acids is 1. The van der Waals surface area contributed by atoms with Gasteiger partial charge in [0.15, 0.2) is 0 Å². The van der Waals surface area contributed by atoms with Crippen molar-refractivity contribution in [2.24, 2.45) is 5.73 Å². The molecule has 1 amide bonds. The van der Waals surface area contributed by atoms with Crippen molar-refractivity contribution >= 4 is 17.9 Å². The first kappa shape index (κ1) is 23.2. The summed E-state index contributed by atoms with van der Waals surface area (Å²) in [6, 6.07) is -0.119. The molecule has 0 radical (unpaired) electrons. The number of hydrogen-bond donors (Lipinski definition) is 4. The van der Waals surface area contributed by atoms with Crippen molar-refractivity contribution in [1.82, 2.24) is 10.0 Å². The van der Waals surface area contributed by atoms with Crippen molar-refractivity contribution in [2.75, 3.05) is 13.1 Å². The highest BCUT2D eigenvalue weighted by atomic mass is 32.2. The van der Waals surface area contributed by atoms with Crippen molar-refractivity contribution < 1.29 is 9.90 Å². The number of unbranched alkanes of at least 4 members (excludes halogenated alkanes) is 1. The first-order valence-corrected chi connectivity index (χ1v) is 9.38. The van der Waals surface area contributed by atoms with Gasteiger partial charge in [-0.2, -0.15) is 0 Å². The molecule has 0 heterocycles. The monoisotopic (exact) mass is 357 g/mol. The van der Waals surface area contributed by atoms with Gasteiger partial charge in [-0.1, -0.05) is 24.1 Å². The molecule has 2 unspecified atom stereocenters. The number of aliphatic hydroxyl groups excluding tert-OH is 1. The fraction of sp³-hybridized carbons (Fsp3) is 0.722. The summed E-state index contributed by atoms with van der Waals surface area (Å²) in [5.74, 6) is 0.0359. The van der Waals surface area contributed by atoms with Crippen molar-refractivity contribution in [1.29, 1.82) is 0 Å². The van der Waals surface area contributed by atoms with Crippen LogP contribution in [-0.2, 0) is 4.79 Å². The van der Waals surface area contributed by atoms with Gasteiger partial charge in [-0.05, 0) is 52.5 Å². The third-order valence-corrected chi connectivity index (χ3v) is 4.35. The van der Waals surface area contributed by atoms with Gasteiger partial charge >= 0.3 is 0 Å². The molecule has 2 atom stereocenters. The number of carbonyl (C=O) groups is 1. The van der Waals surface area contributed by atoms with E-state index in [0.717, 1.165) is 25.0 Å². The van der Waals surface area contributed by atoms with E-state index in [4.69, 9.17) is 5.73 Å². The Kier molecular flexibility index (Phi) is 12.1. The predicted molar refractivity (Wildman–Crippen MR) is 105 cm³/mol. The summed E-state index contributed by atoms with van der Waals surface area (Å²) in [5, 5.41) is 12.6. The number of rotatable bonds is 12. The van der Waals surface area contributed by atoms with Crippen LogP contribution in [0.2, 0.25) is 0 Å². The second-order valence-electron chi connectivity index (χ2n) is 6.91. The molecule has 140 valence electrons. The minimum absolute atomic E-state index is 0.0359. The number of aliphatic hydroxyl groups is 1. The van der Waals surface area contributed by atoms with Gasteiger partial charge in [0.25, 0.3) is 0 Å². The lowest BCUT2D eigenvalue weighted by Gasteiger charge is -2.17. The third kappa shape index (κ3) is 12.6. The standard InChI is InChI=1S/C18H35N3O2S/c1-6-15(11-10-14(2)16(22)13-19)21-17(23)9-7-8-12-20-24-18(3,4)5/h6,10,15-16,20,22H,1,7-9,11-13,19H2,2-5H3,(H,21,23)/b14-10+. The molecular formula is C18H35N3O2S. The van der Waals surface area contributed by atoms with Crippen LogP contribution in [0.4, 0.5) is 0 Å². The molecule has 0 aliphatic carbocycles. The molecule has 0 saturated heterocycles. The van der Waals surface area contributed by atoms with Gasteiger partial charge in [0.05, 0.1) is 12.1 Å². The molecule has 0 aromatic heterocycles. The minimum Gasteiger partial charge on any atom is -0.387 e. The molecule has 0 rings (SSSR count). The Morgan fingerprint density at radius 3 is 2.58 bits per heavy atom. The van der Waals surface area contributed by atoms with E-state index < -0.39 is 6.10 Å². The molecule has 5 N–H and O–H groups in total. The van der Waals surface area contributed by atoms with Crippen molar-refractivity contribution in [2.45, 2.75) is 70.3 Å². The second-order valence-corrected chi connectivity index (χ2v) is 8.63. The lowest BCUT2D eigenvalue weighted by atomic mass is 10.1. The zero-order valence-electron chi connectivity index (χ0n) is 15.6. The molecule has 6 heteroatoms. The molecule has 0 aliphatic rings. The summed E-state index contributed by atoms with van der Waals surface area (Å²) in [6.07, 6.45) is 5.95. The molecule has 24 heavy (non-hydrogen) atoms. The van der Waals surface area contributed by atoms with Crippen LogP contribution in [0.3, 0.4) is 0 Å². The predicted octanol–water partition coefficient (Wildman–Crippen LogP) is 2.52. The highest BCUT2D eigenvalue weighted by Gasteiger charge is 2.11. The number of nitrogens with one attached hydrogen (secondary N) is 2.